The summed E-state index contributed by atoms with van der Waals surface area (Å²) in [7, 11) is 0. The molecule has 7 heteroatoms. The van der Waals surface area contributed by atoms with Gasteiger partial charge in [-0.25, -0.2) is 9.59 Å². The second kappa shape index (κ2) is 8.00. The van der Waals surface area contributed by atoms with Crippen LogP contribution in [-0.4, -0.2) is 25.3 Å². The van der Waals surface area contributed by atoms with Gasteiger partial charge in [0.15, 0.2) is 0 Å². The van der Waals surface area contributed by atoms with Crippen molar-refractivity contribution in [2.45, 2.75) is 31.7 Å². The van der Waals surface area contributed by atoms with E-state index in [4.69, 9.17) is 4.74 Å². The molecule has 0 unspecified atom stereocenters. The van der Waals surface area contributed by atoms with E-state index in [1.54, 1.807) is 22.3 Å². The lowest BCUT2D eigenvalue weighted by atomic mass is 9.97. The lowest BCUT2D eigenvalue weighted by molar-refractivity contribution is 0.181. The Morgan fingerprint density at radius 2 is 2.07 bits per heavy atom. The minimum absolute atomic E-state index is 0.0456. The van der Waals surface area contributed by atoms with Crippen LogP contribution in [0.15, 0.2) is 41.8 Å². The number of amides is 3. The van der Waals surface area contributed by atoms with Crippen LogP contribution in [0.5, 0.6) is 0 Å². The SMILES string of the molecule is O=C(Nc1cccc(N2CCOC2=O)c1)N[C@H](c1cccs1)C1CCCC1. The molecule has 2 N–H and O–H groups in total. The molecule has 4 rings (SSSR count). The number of benzene rings is 1. The summed E-state index contributed by atoms with van der Waals surface area (Å²) in [5.41, 5.74) is 1.38. The summed E-state index contributed by atoms with van der Waals surface area (Å²) in [6.45, 7) is 0.914. The monoisotopic (exact) mass is 385 g/mol. The summed E-state index contributed by atoms with van der Waals surface area (Å²) in [6.07, 6.45) is 4.40. The Morgan fingerprint density at radius 1 is 1.22 bits per heavy atom. The average Bonchev–Trinajstić information content (AvgIpc) is 3.42. The molecule has 2 heterocycles. The molecule has 1 saturated carbocycles. The Morgan fingerprint density at radius 3 is 2.78 bits per heavy atom. The number of ether oxygens (including phenoxy) is 1. The summed E-state index contributed by atoms with van der Waals surface area (Å²) in [5, 5.41) is 8.13. The lowest BCUT2D eigenvalue weighted by Gasteiger charge is -2.24. The second-order valence-corrected chi connectivity index (χ2v) is 7.93. The zero-order valence-electron chi connectivity index (χ0n) is 15.0. The number of carbonyl (C=O) groups is 2. The molecule has 3 amide bonds. The van der Waals surface area contributed by atoms with Crippen molar-refractivity contribution in [3.05, 3.63) is 46.7 Å². The Bertz CT molecular complexity index is 803. The molecular weight excluding hydrogens is 362 g/mol. The molecule has 1 aromatic carbocycles. The summed E-state index contributed by atoms with van der Waals surface area (Å²) < 4.78 is 4.98. The van der Waals surface area contributed by atoms with E-state index < -0.39 is 0 Å². The predicted molar refractivity (Wildman–Crippen MR) is 106 cm³/mol. The maximum absolute atomic E-state index is 12.6. The fraction of sp³-hybridized carbons (Fsp3) is 0.400. The Kier molecular flexibility index (Phi) is 5.29. The number of hydrogen-bond acceptors (Lipinski definition) is 4. The largest absolute Gasteiger partial charge is 0.447 e. The highest BCUT2D eigenvalue weighted by Crippen LogP contribution is 2.37. The molecule has 2 aromatic rings. The summed E-state index contributed by atoms with van der Waals surface area (Å²) in [5.74, 6) is 0.486. The highest BCUT2D eigenvalue weighted by atomic mass is 32.1. The number of carbonyl (C=O) groups excluding carboxylic acids is 2. The standard InChI is InChI=1S/C20H23N3O3S/c24-19(22-18(14-5-1-2-6-14)17-9-4-12-27-17)21-15-7-3-8-16(13-15)23-10-11-26-20(23)25/h3-4,7-9,12-14,18H,1-2,5-6,10-11H2,(H2,21,22,24)/t18-/m0/s1. The number of anilines is 2. The number of nitrogens with zero attached hydrogens (tertiary/aromatic N) is 1. The molecule has 2 fully saturated rings. The van der Waals surface area contributed by atoms with Crippen molar-refractivity contribution in [3.8, 4) is 0 Å². The van der Waals surface area contributed by atoms with Crippen molar-refractivity contribution in [3.63, 3.8) is 0 Å². The maximum Gasteiger partial charge on any atom is 0.414 e. The minimum atomic E-state index is -0.351. The Labute approximate surface area is 162 Å². The van der Waals surface area contributed by atoms with Crippen molar-refractivity contribution in [1.29, 1.82) is 0 Å². The summed E-state index contributed by atoms with van der Waals surface area (Å²) in [6, 6.07) is 11.2. The molecule has 1 atom stereocenters. The molecule has 1 aromatic heterocycles. The van der Waals surface area contributed by atoms with Gasteiger partial charge < -0.3 is 15.4 Å². The van der Waals surface area contributed by atoms with E-state index in [-0.39, 0.29) is 18.2 Å². The molecule has 0 radical (unpaired) electrons. The lowest BCUT2D eigenvalue weighted by Crippen LogP contribution is -2.35. The molecule has 1 aliphatic carbocycles. The third-order valence-corrected chi connectivity index (χ3v) is 6.14. The first kappa shape index (κ1) is 17.9. The highest BCUT2D eigenvalue weighted by molar-refractivity contribution is 7.10. The van der Waals surface area contributed by atoms with Crippen molar-refractivity contribution >= 4 is 34.8 Å². The van der Waals surface area contributed by atoms with E-state index in [9.17, 15) is 9.59 Å². The van der Waals surface area contributed by atoms with Gasteiger partial charge in [0.2, 0.25) is 0 Å². The molecule has 0 spiro atoms. The van der Waals surface area contributed by atoms with E-state index in [0.717, 1.165) is 18.5 Å². The number of rotatable bonds is 5. The number of thiophene rings is 1. The van der Waals surface area contributed by atoms with Gasteiger partial charge >= 0.3 is 12.1 Å². The second-order valence-electron chi connectivity index (χ2n) is 6.95. The Hall–Kier alpha value is -2.54. The molecule has 0 bridgehead atoms. The fourth-order valence-electron chi connectivity index (χ4n) is 3.87. The van der Waals surface area contributed by atoms with Gasteiger partial charge in [0, 0.05) is 16.3 Å². The molecule has 1 aliphatic heterocycles. The normalized spacial score (nSPS) is 18.4. The number of urea groups is 1. The zero-order chi connectivity index (χ0) is 18.6. The van der Waals surface area contributed by atoms with Crippen molar-refractivity contribution in [1.82, 2.24) is 5.32 Å². The van der Waals surface area contributed by atoms with Gasteiger partial charge in [-0.15, -0.1) is 11.3 Å². The highest BCUT2D eigenvalue weighted by Gasteiger charge is 2.28. The van der Waals surface area contributed by atoms with Crippen LogP contribution in [0.4, 0.5) is 21.0 Å². The number of nitrogens with one attached hydrogen (secondary N) is 2. The van der Waals surface area contributed by atoms with Crippen LogP contribution in [-0.2, 0) is 4.74 Å². The van der Waals surface area contributed by atoms with E-state index in [1.807, 2.05) is 24.3 Å². The molecule has 2 aliphatic rings. The van der Waals surface area contributed by atoms with E-state index in [1.165, 1.54) is 17.7 Å². The maximum atomic E-state index is 12.6. The van der Waals surface area contributed by atoms with Crippen molar-refractivity contribution in [2.75, 3.05) is 23.4 Å². The summed E-state index contributed by atoms with van der Waals surface area (Å²) in [4.78, 5) is 27.2. The number of hydrogen-bond donors (Lipinski definition) is 2. The third kappa shape index (κ3) is 4.08. The van der Waals surface area contributed by atoms with Crippen LogP contribution >= 0.6 is 11.3 Å². The first-order valence-corrected chi connectivity index (χ1v) is 10.2. The predicted octanol–water partition coefficient (Wildman–Crippen LogP) is 4.76. The van der Waals surface area contributed by atoms with E-state index in [2.05, 4.69) is 22.1 Å². The van der Waals surface area contributed by atoms with Gasteiger partial charge in [-0.1, -0.05) is 25.0 Å². The van der Waals surface area contributed by atoms with Gasteiger partial charge in [-0.05, 0) is 48.4 Å². The first-order valence-electron chi connectivity index (χ1n) is 9.36. The molecule has 27 heavy (non-hydrogen) atoms. The van der Waals surface area contributed by atoms with Crippen LogP contribution < -0.4 is 15.5 Å². The topological polar surface area (TPSA) is 70.7 Å². The van der Waals surface area contributed by atoms with Crippen molar-refractivity contribution < 1.29 is 14.3 Å². The first-order chi connectivity index (χ1) is 13.2. The molecule has 142 valence electrons. The van der Waals surface area contributed by atoms with Crippen LogP contribution in [0.2, 0.25) is 0 Å². The van der Waals surface area contributed by atoms with E-state index in [0.29, 0.717) is 24.8 Å². The van der Waals surface area contributed by atoms with Crippen LogP contribution in [0.1, 0.15) is 36.6 Å². The van der Waals surface area contributed by atoms with Gasteiger partial charge in [0.25, 0.3) is 0 Å². The van der Waals surface area contributed by atoms with Crippen LogP contribution in [0.25, 0.3) is 0 Å². The van der Waals surface area contributed by atoms with Gasteiger partial charge in [0.05, 0.1) is 12.6 Å². The molecule has 1 saturated heterocycles. The third-order valence-electron chi connectivity index (χ3n) is 5.18. The number of cyclic esters (lactones) is 1. The smallest absolute Gasteiger partial charge is 0.414 e. The van der Waals surface area contributed by atoms with Crippen LogP contribution in [0, 0.1) is 5.92 Å². The van der Waals surface area contributed by atoms with Gasteiger partial charge in [0.1, 0.15) is 6.61 Å². The quantitative estimate of drug-likeness (QED) is 0.780. The zero-order valence-corrected chi connectivity index (χ0v) is 15.8. The summed E-state index contributed by atoms with van der Waals surface area (Å²) >= 11 is 1.69. The molecule has 6 nitrogen and oxygen atoms in total. The Balaban J connectivity index is 1.44. The van der Waals surface area contributed by atoms with Crippen LogP contribution in [0.3, 0.4) is 0 Å². The van der Waals surface area contributed by atoms with Gasteiger partial charge in [-0.3, -0.25) is 4.90 Å². The van der Waals surface area contributed by atoms with Gasteiger partial charge in [-0.2, -0.15) is 0 Å². The average molecular weight is 385 g/mol. The van der Waals surface area contributed by atoms with Crippen molar-refractivity contribution in [2.24, 2.45) is 5.92 Å². The minimum Gasteiger partial charge on any atom is -0.447 e. The van der Waals surface area contributed by atoms with E-state index >= 15 is 0 Å². The fourth-order valence-corrected chi connectivity index (χ4v) is 4.74. The molecular formula is C20H23N3O3S.